The Labute approximate surface area is 217 Å². The molecule has 184 valence electrons. The average Bonchev–Trinajstić information content (AvgIpc) is 3.42. The van der Waals surface area contributed by atoms with E-state index in [1.54, 1.807) is 7.11 Å². The van der Waals surface area contributed by atoms with E-state index in [9.17, 15) is 4.79 Å². The highest BCUT2D eigenvalue weighted by Gasteiger charge is 2.38. The normalized spacial score (nSPS) is 21.2. The van der Waals surface area contributed by atoms with Crippen LogP contribution in [-0.4, -0.2) is 24.0 Å². The number of thioether (sulfide) groups is 1. The predicted octanol–water partition coefficient (Wildman–Crippen LogP) is 6.54. The number of hydrogen-bond donors (Lipinski definition) is 2. The van der Waals surface area contributed by atoms with Crippen molar-refractivity contribution in [2.24, 2.45) is 11.0 Å². The standard InChI is InChI=1S/C30H31N3O2S/c1-19(32-33-30(34)20(2)36-24-8-5-4-6-9-24)22-14-17-28-27(18-22)25-10-7-11-26(25)29(31-28)21-12-15-23(35-3)16-13-21/h4-10,12-18,20,25-26,29,31H,11H2,1-3H3,(H,33,34)/b32-19-/t20-,25+,26-,29-/m0/s1. The first-order chi connectivity index (χ1) is 17.5. The number of nitrogens with one attached hydrogen (secondary N) is 2. The topological polar surface area (TPSA) is 62.7 Å². The molecule has 1 aliphatic heterocycles. The summed E-state index contributed by atoms with van der Waals surface area (Å²) in [5.74, 6) is 1.56. The van der Waals surface area contributed by atoms with Gasteiger partial charge in [0.05, 0.1) is 24.1 Å². The van der Waals surface area contributed by atoms with Crippen LogP contribution < -0.4 is 15.5 Å². The van der Waals surface area contributed by atoms with Crippen LogP contribution in [0.1, 0.15) is 48.9 Å². The minimum Gasteiger partial charge on any atom is -0.497 e. The van der Waals surface area contributed by atoms with Gasteiger partial charge in [0.15, 0.2) is 0 Å². The van der Waals surface area contributed by atoms with Gasteiger partial charge in [-0.1, -0.05) is 48.6 Å². The minimum atomic E-state index is -0.240. The first kappa shape index (κ1) is 24.2. The molecule has 3 aromatic rings. The van der Waals surface area contributed by atoms with Gasteiger partial charge in [-0.2, -0.15) is 5.10 Å². The maximum absolute atomic E-state index is 12.6. The maximum Gasteiger partial charge on any atom is 0.253 e. The average molecular weight is 498 g/mol. The molecule has 2 N–H and O–H groups in total. The minimum absolute atomic E-state index is 0.107. The highest BCUT2D eigenvalue weighted by atomic mass is 32.2. The third-order valence-electron chi connectivity index (χ3n) is 7.01. The first-order valence-corrected chi connectivity index (χ1v) is 13.2. The van der Waals surface area contributed by atoms with Gasteiger partial charge in [-0.05, 0) is 79.3 Å². The summed E-state index contributed by atoms with van der Waals surface area (Å²) >= 11 is 1.52. The number of benzene rings is 3. The molecule has 5 nitrogen and oxygen atoms in total. The van der Waals surface area contributed by atoms with E-state index in [0.717, 1.165) is 34.0 Å². The zero-order valence-corrected chi connectivity index (χ0v) is 21.6. The monoisotopic (exact) mass is 497 g/mol. The number of hydrogen-bond acceptors (Lipinski definition) is 5. The fraction of sp³-hybridized carbons (Fsp3) is 0.267. The molecule has 0 radical (unpaired) electrons. The van der Waals surface area contributed by atoms with Gasteiger partial charge in [-0.15, -0.1) is 11.8 Å². The van der Waals surface area contributed by atoms with Crippen LogP contribution >= 0.6 is 11.8 Å². The van der Waals surface area contributed by atoms with Gasteiger partial charge in [-0.25, -0.2) is 5.43 Å². The fourth-order valence-corrected chi connectivity index (χ4v) is 5.89. The van der Waals surface area contributed by atoms with Crippen molar-refractivity contribution in [3.05, 3.63) is 102 Å². The van der Waals surface area contributed by atoms with Crippen molar-refractivity contribution in [3.8, 4) is 5.75 Å². The number of rotatable bonds is 7. The summed E-state index contributed by atoms with van der Waals surface area (Å²) in [6.07, 6.45) is 5.67. The zero-order valence-electron chi connectivity index (χ0n) is 20.8. The van der Waals surface area contributed by atoms with Crippen molar-refractivity contribution >= 4 is 29.1 Å². The smallest absolute Gasteiger partial charge is 0.253 e. The number of carbonyl (C=O) groups excluding carboxylic acids is 1. The van der Waals surface area contributed by atoms with E-state index >= 15 is 0 Å². The second kappa shape index (κ2) is 10.6. The number of methoxy groups -OCH3 is 1. The zero-order chi connectivity index (χ0) is 25.1. The van der Waals surface area contributed by atoms with Crippen molar-refractivity contribution in [3.63, 3.8) is 0 Å². The lowest BCUT2D eigenvalue weighted by Crippen LogP contribution is -2.29. The quantitative estimate of drug-likeness (QED) is 0.168. The molecule has 4 atom stereocenters. The summed E-state index contributed by atoms with van der Waals surface area (Å²) in [6.45, 7) is 3.84. The Bertz CT molecular complexity index is 1290. The SMILES string of the molecule is COc1ccc([C@@H]2Nc3ccc(/C(C)=N\NC(=O)[C@H](C)Sc4ccccc4)cc3[C@@H]3C=CC[C@@H]32)cc1. The number of hydrazone groups is 1. The highest BCUT2D eigenvalue weighted by Crippen LogP contribution is 2.50. The molecule has 0 spiro atoms. The lowest BCUT2D eigenvalue weighted by atomic mass is 9.76. The van der Waals surface area contributed by atoms with Gasteiger partial charge in [0.25, 0.3) is 5.91 Å². The van der Waals surface area contributed by atoms with Crippen molar-refractivity contribution in [2.75, 3.05) is 12.4 Å². The van der Waals surface area contributed by atoms with Crippen LogP contribution in [0.15, 0.2) is 94.9 Å². The summed E-state index contributed by atoms with van der Waals surface area (Å²) in [6, 6.07) is 25.0. The Balaban J connectivity index is 1.31. The Morgan fingerprint density at radius 2 is 1.89 bits per heavy atom. The van der Waals surface area contributed by atoms with Crippen LogP contribution in [0.5, 0.6) is 5.75 Å². The van der Waals surface area contributed by atoms with Gasteiger partial charge >= 0.3 is 0 Å². The lowest BCUT2D eigenvalue weighted by Gasteiger charge is -2.37. The van der Waals surface area contributed by atoms with Crippen molar-refractivity contribution in [2.45, 2.75) is 42.4 Å². The van der Waals surface area contributed by atoms with Crippen LogP contribution in [0.3, 0.4) is 0 Å². The summed E-state index contributed by atoms with van der Waals surface area (Å²) < 4.78 is 5.34. The van der Waals surface area contributed by atoms with E-state index in [1.807, 2.05) is 56.3 Å². The number of fused-ring (bicyclic) bond motifs is 3. The molecule has 2 aliphatic rings. The Hall–Kier alpha value is -3.51. The Morgan fingerprint density at radius 1 is 1.11 bits per heavy atom. The van der Waals surface area contributed by atoms with Gasteiger partial charge in [0.1, 0.15) is 5.75 Å². The molecular formula is C30H31N3O2S. The number of nitrogens with zero attached hydrogens (tertiary/aromatic N) is 1. The lowest BCUT2D eigenvalue weighted by molar-refractivity contribution is -0.120. The largest absolute Gasteiger partial charge is 0.497 e. The molecule has 36 heavy (non-hydrogen) atoms. The molecule has 1 heterocycles. The molecule has 3 aromatic carbocycles. The molecule has 0 saturated heterocycles. The summed E-state index contributed by atoms with van der Waals surface area (Å²) in [7, 11) is 1.69. The Kier molecular flexibility index (Phi) is 7.14. The third kappa shape index (κ3) is 5.05. The highest BCUT2D eigenvalue weighted by molar-refractivity contribution is 8.00. The van der Waals surface area contributed by atoms with E-state index < -0.39 is 0 Å². The molecular weight excluding hydrogens is 466 g/mol. The van der Waals surface area contributed by atoms with Crippen molar-refractivity contribution in [1.29, 1.82) is 0 Å². The van der Waals surface area contributed by atoms with Crippen LogP contribution in [-0.2, 0) is 4.79 Å². The molecule has 0 unspecified atom stereocenters. The van der Waals surface area contributed by atoms with Crippen LogP contribution in [0.4, 0.5) is 5.69 Å². The van der Waals surface area contributed by atoms with Crippen LogP contribution in [0, 0.1) is 5.92 Å². The maximum atomic E-state index is 12.6. The number of ether oxygens (including phenoxy) is 1. The van der Waals surface area contributed by atoms with E-state index in [2.05, 4.69) is 58.3 Å². The molecule has 0 aromatic heterocycles. The number of anilines is 1. The van der Waals surface area contributed by atoms with E-state index in [0.29, 0.717) is 11.8 Å². The number of amides is 1. The van der Waals surface area contributed by atoms with Crippen LogP contribution in [0.2, 0.25) is 0 Å². The first-order valence-electron chi connectivity index (χ1n) is 12.3. The second-order valence-electron chi connectivity index (χ2n) is 9.30. The summed E-state index contributed by atoms with van der Waals surface area (Å²) in [5.41, 5.74) is 8.26. The van der Waals surface area contributed by atoms with E-state index in [4.69, 9.17) is 4.74 Å². The number of allylic oxidation sites excluding steroid dienone is 2. The molecule has 1 amide bonds. The van der Waals surface area contributed by atoms with E-state index in [-0.39, 0.29) is 17.2 Å². The molecule has 6 heteroatoms. The second-order valence-corrected chi connectivity index (χ2v) is 10.7. The van der Waals surface area contributed by atoms with E-state index in [1.165, 1.54) is 22.9 Å². The van der Waals surface area contributed by atoms with Gasteiger partial charge in [0.2, 0.25) is 0 Å². The molecule has 0 bridgehead atoms. The van der Waals surface area contributed by atoms with Crippen molar-refractivity contribution in [1.82, 2.24) is 5.43 Å². The number of carbonyl (C=O) groups is 1. The fourth-order valence-electron chi connectivity index (χ4n) is 5.01. The van der Waals surface area contributed by atoms with Crippen LogP contribution in [0.25, 0.3) is 0 Å². The van der Waals surface area contributed by atoms with Gasteiger partial charge in [0, 0.05) is 16.5 Å². The third-order valence-corrected chi connectivity index (χ3v) is 8.13. The van der Waals surface area contributed by atoms with Crippen molar-refractivity contribution < 1.29 is 9.53 Å². The predicted molar refractivity (Wildman–Crippen MR) is 148 cm³/mol. The Morgan fingerprint density at radius 3 is 2.64 bits per heavy atom. The summed E-state index contributed by atoms with van der Waals surface area (Å²) in [5, 5.41) is 7.97. The summed E-state index contributed by atoms with van der Waals surface area (Å²) in [4.78, 5) is 13.7. The molecule has 5 rings (SSSR count). The van der Waals surface area contributed by atoms with Gasteiger partial charge in [-0.3, -0.25) is 4.79 Å². The van der Waals surface area contributed by atoms with Gasteiger partial charge < -0.3 is 10.1 Å². The molecule has 0 saturated carbocycles. The molecule has 1 aliphatic carbocycles. The molecule has 0 fully saturated rings.